The molecule has 1 saturated heterocycles. The van der Waals surface area contributed by atoms with Crippen molar-refractivity contribution in [2.24, 2.45) is 0 Å². The lowest BCUT2D eigenvalue weighted by Crippen LogP contribution is -2.54. The molecule has 0 spiro atoms. The van der Waals surface area contributed by atoms with Gasteiger partial charge in [-0.1, -0.05) is 30.3 Å². The lowest BCUT2D eigenvalue weighted by Gasteiger charge is -2.31. The second kappa shape index (κ2) is 9.54. The number of aliphatic carboxylic acids is 1. The topological polar surface area (TPSA) is 90.9 Å². The van der Waals surface area contributed by atoms with Crippen molar-refractivity contribution in [3.8, 4) is 0 Å². The van der Waals surface area contributed by atoms with Crippen molar-refractivity contribution in [2.75, 3.05) is 26.7 Å². The van der Waals surface area contributed by atoms with E-state index in [1.165, 1.54) is 6.92 Å². The Labute approximate surface area is 154 Å². The van der Waals surface area contributed by atoms with E-state index in [2.05, 4.69) is 22.6 Å². The Morgan fingerprint density at radius 1 is 1.27 bits per heavy atom. The van der Waals surface area contributed by atoms with Crippen LogP contribution in [0.2, 0.25) is 0 Å². The Kier molecular flexibility index (Phi) is 7.41. The van der Waals surface area contributed by atoms with Gasteiger partial charge in [0.15, 0.2) is 0 Å². The number of carboxylic acids is 1. The normalized spacial score (nSPS) is 18.1. The van der Waals surface area contributed by atoms with Crippen molar-refractivity contribution in [2.45, 2.75) is 44.4 Å². The summed E-state index contributed by atoms with van der Waals surface area (Å²) in [6, 6.07) is 9.67. The number of nitrogens with zero attached hydrogens (tertiary/aromatic N) is 1. The second-order valence-corrected chi connectivity index (χ2v) is 7.11. The van der Waals surface area contributed by atoms with Gasteiger partial charge in [0.25, 0.3) is 0 Å². The fraction of sp³-hybridized carbons (Fsp3) is 0.579. The molecule has 3 N–H and O–H groups in total. The number of nitrogens with one attached hydrogen (secondary N) is 2. The maximum absolute atomic E-state index is 12.0. The Hall–Kier alpha value is -2.12. The van der Waals surface area contributed by atoms with Crippen LogP contribution in [0.3, 0.4) is 0 Å². The third kappa shape index (κ3) is 6.31. The summed E-state index contributed by atoms with van der Waals surface area (Å²) >= 11 is 0. The Morgan fingerprint density at radius 3 is 2.54 bits per heavy atom. The Bertz CT molecular complexity index is 588. The van der Waals surface area contributed by atoms with Crippen LogP contribution in [0.4, 0.5) is 4.79 Å². The highest BCUT2D eigenvalue weighted by Gasteiger charge is 2.35. The number of hydrogen-bond acceptors (Lipinski definition) is 5. The van der Waals surface area contributed by atoms with Crippen molar-refractivity contribution in [3.63, 3.8) is 0 Å². The molecule has 0 aliphatic carbocycles. The number of likely N-dealkylation sites (tertiary alicyclic amines) is 1. The summed E-state index contributed by atoms with van der Waals surface area (Å²) in [5, 5.41) is 15.4. The summed E-state index contributed by atoms with van der Waals surface area (Å²) in [4.78, 5) is 25.9. The van der Waals surface area contributed by atoms with E-state index in [0.29, 0.717) is 12.6 Å². The maximum atomic E-state index is 12.0. The molecule has 26 heavy (non-hydrogen) atoms. The highest BCUT2D eigenvalue weighted by Crippen LogP contribution is 2.13. The summed E-state index contributed by atoms with van der Waals surface area (Å²) < 4.78 is 5.14. The number of ether oxygens (including phenoxy) is 1. The molecule has 144 valence electrons. The average Bonchev–Trinajstić information content (AvgIpc) is 2.62. The quantitative estimate of drug-likeness (QED) is 0.653. The van der Waals surface area contributed by atoms with Crippen molar-refractivity contribution in [1.29, 1.82) is 0 Å². The van der Waals surface area contributed by atoms with Crippen LogP contribution in [0.25, 0.3) is 0 Å². The lowest BCUT2D eigenvalue weighted by atomic mass is 9.97. The SMILES string of the molecule is CN1CCC(NCC[C@](C)(NC(=O)OCc2ccccc2)C(=O)O)CC1. The largest absolute Gasteiger partial charge is 0.480 e. The first-order valence-electron chi connectivity index (χ1n) is 9.03. The first-order valence-corrected chi connectivity index (χ1v) is 9.03. The molecule has 0 unspecified atom stereocenters. The minimum Gasteiger partial charge on any atom is -0.480 e. The van der Waals surface area contributed by atoms with E-state index in [1.807, 2.05) is 30.3 Å². The summed E-state index contributed by atoms with van der Waals surface area (Å²) in [5.74, 6) is -1.07. The van der Waals surface area contributed by atoms with Crippen LogP contribution in [0.1, 0.15) is 31.7 Å². The first kappa shape index (κ1) is 20.2. The van der Waals surface area contributed by atoms with E-state index >= 15 is 0 Å². The third-order valence-corrected chi connectivity index (χ3v) is 4.84. The molecular weight excluding hydrogens is 334 g/mol. The maximum Gasteiger partial charge on any atom is 0.408 e. The van der Waals surface area contributed by atoms with Gasteiger partial charge in [-0.25, -0.2) is 9.59 Å². The molecule has 0 radical (unpaired) electrons. The van der Waals surface area contributed by atoms with Crippen LogP contribution in [0, 0.1) is 0 Å². The van der Waals surface area contributed by atoms with Crippen LogP contribution in [0.15, 0.2) is 30.3 Å². The van der Waals surface area contributed by atoms with Crippen LogP contribution < -0.4 is 10.6 Å². The van der Waals surface area contributed by atoms with E-state index in [9.17, 15) is 14.7 Å². The van der Waals surface area contributed by atoms with Crippen molar-refractivity contribution >= 4 is 12.1 Å². The van der Waals surface area contributed by atoms with Crippen LogP contribution in [-0.2, 0) is 16.1 Å². The van der Waals surface area contributed by atoms with Crippen molar-refractivity contribution in [1.82, 2.24) is 15.5 Å². The smallest absolute Gasteiger partial charge is 0.408 e. The number of alkyl carbamates (subject to hydrolysis) is 1. The Balaban J connectivity index is 1.77. The van der Waals surface area contributed by atoms with E-state index in [-0.39, 0.29) is 13.0 Å². The molecule has 7 nitrogen and oxygen atoms in total. The van der Waals surface area contributed by atoms with Crippen LogP contribution in [0.5, 0.6) is 0 Å². The molecular formula is C19H29N3O4. The molecule has 1 atom stereocenters. The molecule has 1 amide bonds. The highest BCUT2D eigenvalue weighted by molar-refractivity contribution is 5.83. The molecule has 0 aromatic heterocycles. The van der Waals surface area contributed by atoms with Gasteiger partial charge in [-0.3, -0.25) is 0 Å². The van der Waals surface area contributed by atoms with Gasteiger partial charge in [0.05, 0.1) is 0 Å². The van der Waals surface area contributed by atoms with E-state index in [1.54, 1.807) is 0 Å². The molecule has 1 aromatic carbocycles. The van der Waals surface area contributed by atoms with Crippen LogP contribution >= 0.6 is 0 Å². The first-order chi connectivity index (χ1) is 12.4. The van der Waals surface area contributed by atoms with E-state index in [0.717, 1.165) is 31.5 Å². The van der Waals surface area contributed by atoms with Gasteiger partial charge in [-0.15, -0.1) is 0 Å². The molecule has 0 bridgehead atoms. The molecule has 0 saturated carbocycles. The van der Waals surface area contributed by atoms with Crippen molar-refractivity contribution in [3.05, 3.63) is 35.9 Å². The third-order valence-electron chi connectivity index (χ3n) is 4.84. The zero-order valence-corrected chi connectivity index (χ0v) is 15.5. The van der Waals surface area contributed by atoms with Crippen molar-refractivity contribution < 1.29 is 19.4 Å². The number of carbonyl (C=O) groups is 2. The number of rotatable bonds is 8. The average molecular weight is 363 g/mol. The summed E-state index contributed by atoms with van der Waals surface area (Å²) in [6.45, 7) is 4.22. The molecule has 1 aromatic rings. The molecule has 2 rings (SSSR count). The summed E-state index contributed by atoms with van der Waals surface area (Å²) in [5.41, 5.74) is -0.518. The molecule has 1 aliphatic heterocycles. The number of carboxylic acid groups (broad SMARTS) is 1. The molecule has 7 heteroatoms. The minimum atomic E-state index is -1.37. The number of hydrogen-bond donors (Lipinski definition) is 3. The fourth-order valence-electron chi connectivity index (χ4n) is 2.95. The number of carbonyl (C=O) groups excluding carboxylic acids is 1. The monoisotopic (exact) mass is 363 g/mol. The summed E-state index contributed by atoms with van der Waals surface area (Å²) in [6.07, 6.45) is 1.66. The lowest BCUT2D eigenvalue weighted by molar-refractivity contribution is -0.144. The number of benzene rings is 1. The van der Waals surface area contributed by atoms with E-state index in [4.69, 9.17) is 4.74 Å². The van der Waals surface area contributed by atoms with Gasteiger partial charge >= 0.3 is 12.1 Å². The number of amides is 1. The predicted molar refractivity (Wildman–Crippen MR) is 98.9 cm³/mol. The van der Waals surface area contributed by atoms with Gasteiger partial charge < -0.3 is 25.4 Å². The molecule has 1 fully saturated rings. The van der Waals surface area contributed by atoms with Gasteiger partial charge in [-0.05, 0) is 58.4 Å². The molecule has 1 aliphatic rings. The fourth-order valence-corrected chi connectivity index (χ4v) is 2.95. The molecule has 1 heterocycles. The van der Waals surface area contributed by atoms with Gasteiger partial charge in [0, 0.05) is 6.04 Å². The van der Waals surface area contributed by atoms with Gasteiger partial charge in [0.1, 0.15) is 12.1 Å². The standard InChI is InChI=1S/C19H29N3O4/c1-19(17(23)24,10-11-20-16-8-12-22(2)13-9-16)21-18(25)26-14-15-6-4-3-5-7-15/h3-7,16,20H,8-14H2,1-2H3,(H,21,25)(H,23,24)/t19-/m0/s1. The zero-order chi connectivity index (χ0) is 19.0. The predicted octanol–water partition coefficient (Wildman–Crippen LogP) is 1.83. The van der Waals surface area contributed by atoms with E-state index < -0.39 is 17.6 Å². The zero-order valence-electron chi connectivity index (χ0n) is 15.5. The minimum absolute atomic E-state index is 0.107. The number of piperidine rings is 1. The Morgan fingerprint density at radius 2 is 1.92 bits per heavy atom. The van der Waals surface area contributed by atoms with Gasteiger partial charge in [0.2, 0.25) is 0 Å². The second-order valence-electron chi connectivity index (χ2n) is 7.11. The van der Waals surface area contributed by atoms with Crippen LogP contribution in [-0.4, -0.2) is 60.3 Å². The van der Waals surface area contributed by atoms with Gasteiger partial charge in [-0.2, -0.15) is 0 Å². The summed E-state index contributed by atoms with van der Waals surface area (Å²) in [7, 11) is 2.10. The highest BCUT2D eigenvalue weighted by atomic mass is 16.5.